The third-order valence-electron chi connectivity index (χ3n) is 2.25. The number of allylic oxidation sites excluding steroid dienone is 1. The van der Waals surface area contributed by atoms with E-state index in [0.29, 0.717) is 0 Å². The molecule has 0 saturated carbocycles. The summed E-state index contributed by atoms with van der Waals surface area (Å²) >= 11 is 0. The zero-order valence-corrected chi connectivity index (χ0v) is 10.3. The molecule has 0 aliphatic heterocycles. The fraction of sp³-hybridized carbons (Fsp3) is 0.182. The molecule has 18 heavy (non-hydrogen) atoms. The number of hydrogen-bond donors (Lipinski definition) is 0. The van der Waals surface area contributed by atoms with Crippen molar-refractivity contribution in [1.82, 2.24) is 0 Å². The van der Waals surface area contributed by atoms with Crippen LogP contribution in [0.4, 0.5) is 5.69 Å². The van der Waals surface area contributed by atoms with Crippen LogP contribution in [0.2, 0.25) is 0 Å². The lowest BCUT2D eigenvalue weighted by molar-refractivity contribution is -0.385. The summed E-state index contributed by atoms with van der Waals surface area (Å²) in [6, 6.07) is 7.20. The minimum absolute atomic E-state index is 0.0936. The van der Waals surface area contributed by atoms with Crippen molar-refractivity contribution in [2.24, 2.45) is 0 Å². The van der Waals surface area contributed by atoms with Crippen molar-refractivity contribution in [2.45, 2.75) is 6.92 Å². The third-order valence-corrected chi connectivity index (χ3v) is 3.88. The van der Waals surface area contributed by atoms with E-state index in [1.807, 2.05) is 0 Å². The standard InChI is InChI=1S/C11H10N2O4S/c1-2-18(16,17)10(8-12)7-9-5-3-4-6-11(9)13(14)15/h3-7H,2H2,1H3. The van der Waals surface area contributed by atoms with Crippen LogP contribution in [0.25, 0.3) is 6.08 Å². The van der Waals surface area contributed by atoms with Gasteiger partial charge in [0.25, 0.3) is 5.69 Å². The Morgan fingerprint density at radius 3 is 2.61 bits per heavy atom. The maximum absolute atomic E-state index is 11.6. The van der Waals surface area contributed by atoms with E-state index in [1.165, 1.54) is 31.2 Å². The fourth-order valence-corrected chi connectivity index (χ4v) is 2.02. The molecule has 0 bridgehead atoms. The lowest BCUT2D eigenvalue weighted by atomic mass is 10.1. The van der Waals surface area contributed by atoms with Gasteiger partial charge in [0, 0.05) is 6.07 Å². The van der Waals surface area contributed by atoms with Crippen LogP contribution in [0.5, 0.6) is 0 Å². The lowest BCUT2D eigenvalue weighted by Gasteiger charge is -2.00. The number of nitro benzene ring substituents is 1. The number of para-hydroxylation sites is 1. The second-order valence-corrected chi connectivity index (χ2v) is 5.59. The zero-order chi connectivity index (χ0) is 13.8. The molecule has 1 aromatic rings. The summed E-state index contributed by atoms with van der Waals surface area (Å²) in [4.78, 5) is 9.66. The molecule has 0 aliphatic carbocycles. The van der Waals surface area contributed by atoms with Crippen molar-refractivity contribution in [3.63, 3.8) is 0 Å². The van der Waals surface area contributed by atoms with Gasteiger partial charge in [0.2, 0.25) is 0 Å². The molecular weight excluding hydrogens is 256 g/mol. The van der Waals surface area contributed by atoms with E-state index in [4.69, 9.17) is 5.26 Å². The first-order chi connectivity index (χ1) is 8.42. The Morgan fingerprint density at radius 2 is 2.11 bits per heavy atom. The van der Waals surface area contributed by atoms with Crippen molar-refractivity contribution in [1.29, 1.82) is 5.26 Å². The van der Waals surface area contributed by atoms with E-state index in [9.17, 15) is 18.5 Å². The van der Waals surface area contributed by atoms with Crippen molar-refractivity contribution in [3.05, 3.63) is 44.8 Å². The molecule has 0 spiro atoms. The Morgan fingerprint density at radius 1 is 1.50 bits per heavy atom. The SMILES string of the molecule is CCS(=O)(=O)C(C#N)=Cc1ccccc1[N+](=O)[O-]. The molecular formula is C11H10N2O4S. The summed E-state index contributed by atoms with van der Waals surface area (Å²) in [5.74, 6) is -0.229. The first-order valence-corrected chi connectivity index (χ1v) is 6.65. The van der Waals surface area contributed by atoms with Crippen molar-refractivity contribution in [2.75, 3.05) is 5.75 Å². The number of nitriles is 1. The first-order valence-electron chi connectivity index (χ1n) is 5.00. The number of nitro groups is 1. The van der Waals surface area contributed by atoms with Gasteiger partial charge < -0.3 is 0 Å². The molecule has 0 unspecified atom stereocenters. The summed E-state index contributed by atoms with van der Waals surface area (Å²) < 4.78 is 23.1. The van der Waals surface area contributed by atoms with Gasteiger partial charge >= 0.3 is 0 Å². The molecule has 1 rings (SSSR count). The molecule has 0 radical (unpaired) electrons. The molecule has 0 amide bonds. The monoisotopic (exact) mass is 266 g/mol. The molecule has 6 nitrogen and oxygen atoms in total. The molecule has 0 saturated heterocycles. The zero-order valence-electron chi connectivity index (χ0n) is 9.53. The summed E-state index contributed by atoms with van der Waals surface area (Å²) in [6.45, 7) is 1.40. The van der Waals surface area contributed by atoms with Crippen molar-refractivity contribution >= 4 is 21.6 Å². The van der Waals surface area contributed by atoms with Gasteiger partial charge in [-0.15, -0.1) is 0 Å². The van der Waals surface area contributed by atoms with Crippen molar-refractivity contribution in [3.8, 4) is 6.07 Å². The maximum atomic E-state index is 11.6. The molecule has 0 aromatic heterocycles. The number of nitrogens with zero attached hydrogens (tertiary/aromatic N) is 2. The predicted octanol–water partition coefficient (Wildman–Crippen LogP) is 1.89. The highest BCUT2D eigenvalue weighted by molar-refractivity contribution is 7.95. The smallest absolute Gasteiger partial charge is 0.258 e. The van der Waals surface area contributed by atoms with E-state index in [-0.39, 0.29) is 17.0 Å². The number of hydrogen-bond acceptors (Lipinski definition) is 5. The van der Waals surface area contributed by atoms with Crippen LogP contribution in [0.3, 0.4) is 0 Å². The van der Waals surface area contributed by atoms with E-state index >= 15 is 0 Å². The second-order valence-electron chi connectivity index (χ2n) is 3.34. The average Bonchev–Trinajstić information content (AvgIpc) is 2.35. The number of sulfone groups is 1. The topological polar surface area (TPSA) is 101 Å². The molecule has 0 aliphatic rings. The molecule has 7 heteroatoms. The largest absolute Gasteiger partial charge is 0.276 e. The van der Waals surface area contributed by atoms with Crippen LogP contribution in [0.1, 0.15) is 12.5 Å². The average molecular weight is 266 g/mol. The Bertz CT molecular complexity index is 641. The first kappa shape index (κ1) is 13.9. The van der Waals surface area contributed by atoms with Gasteiger partial charge in [0.1, 0.15) is 11.0 Å². The van der Waals surface area contributed by atoms with Gasteiger partial charge in [0.05, 0.1) is 16.2 Å². The van der Waals surface area contributed by atoms with Crippen LogP contribution in [-0.2, 0) is 9.84 Å². The van der Waals surface area contributed by atoms with Crippen LogP contribution in [0, 0.1) is 21.4 Å². The molecule has 0 atom stereocenters. The summed E-state index contributed by atoms with van der Waals surface area (Å²) in [5.41, 5.74) is -0.146. The van der Waals surface area contributed by atoms with Crippen LogP contribution in [-0.4, -0.2) is 19.1 Å². The van der Waals surface area contributed by atoms with Crippen LogP contribution in [0.15, 0.2) is 29.2 Å². The Kier molecular flexibility index (Phi) is 4.18. The van der Waals surface area contributed by atoms with Gasteiger partial charge in [0.15, 0.2) is 9.84 Å². The predicted molar refractivity (Wildman–Crippen MR) is 66.1 cm³/mol. The van der Waals surface area contributed by atoms with Gasteiger partial charge in [-0.2, -0.15) is 5.26 Å². The number of rotatable bonds is 4. The van der Waals surface area contributed by atoms with Gasteiger partial charge in [-0.1, -0.05) is 19.1 Å². The van der Waals surface area contributed by atoms with E-state index in [0.717, 1.165) is 6.08 Å². The summed E-state index contributed by atoms with van der Waals surface area (Å²) in [6.07, 6.45) is 1.02. The molecule has 0 N–H and O–H groups in total. The minimum Gasteiger partial charge on any atom is -0.258 e. The van der Waals surface area contributed by atoms with Crippen LogP contribution >= 0.6 is 0 Å². The quantitative estimate of drug-likeness (QED) is 0.470. The van der Waals surface area contributed by atoms with Gasteiger partial charge in [-0.3, -0.25) is 10.1 Å². The minimum atomic E-state index is -3.67. The van der Waals surface area contributed by atoms with Crippen molar-refractivity contribution < 1.29 is 13.3 Å². The summed E-state index contributed by atoms with van der Waals surface area (Å²) in [5, 5.41) is 19.6. The third kappa shape index (κ3) is 2.93. The maximum Gasteiger partial charge on any atom is 0.276 e. The fourth-order valence-electron chi connectivity index (χ4n) is 1.26. The Hall–Kier alpha value is -2.20. The van der Waals surface area contributed by atoms with E-state index in [1.54, 1.807) is 6.07 Å². The highest BCUT2D eigenvalue weighted by Gasteiger charge is 2.18. The Labute approximate surface area is 104 Å². The second kappa shape index (κ2) is 5.42. The molecule has 0 fully saturated rings. The summed E-state index contributed by atoms with van der Waals surface area (Å²) in [7, 11) is -3.67. The normalized spacial score (nSPS) is 11.9. The Balaban J connectivity index is 3.41. The highest BCUT2D eigenvalue weighted by atomic mass is 32.2. The molecule has 0 heterocycles. The van der Waals surface area contributed by atoms with Gasteiger partial charge in [-0.05, 0) is 12.1 Å². The van der Waals surface area contributed by atoms with E-state index in [2.05, 4.69) is 0 Å². The van der Waals surface area contributed by atoms with Crippen LogP contribution < -0.4 is 0 Å². The highest BCUT2D eigenvalue weighted by Crippen LogP contribution is 2.22. The lowest BCUT2D eigenvalue weighted by Crippen LogP contribution is -2.05. The number of benzene rings is 1. The molecule has 94 valence electrons. The van der Waals surface area contributed by atoms with E-state index < -0.39 is 19.7 Å². The van der Waals surface area contributed by atoms with Gasteiger partial charge in [-0.25, -0.2) is 8.42 Å². The molecule has 1 aromatic carbocycles.